The number of aromatic nitrogens is 2. The highest BCUT2D eigenvalue weighted by Gasteiger charge is 2.29. The first-order valence-corrected chi connectivity index (χ1v) is 9.67. The van der Waals surface area contributed by atoms with Crippen molar-refractivity contribution in [3.63, 3.8) is 0 Å². The number of rotatable bonds is 5. The van der Waals surface area contributed by atoms with Gasteiger partial charge < -0.3 is 9.64 Å². The van der Waals surface area contributed by atoms with E-state index in [9.17, 15) is 4.79 Å². The molecule has 1 unspecified atom stereocenters. The van der Waals surface area contributed by atoms with Crippen molar-refractivity contribution in [3.8, 4) is 0 Å². The van der Waals surface area contributed by atoms with Gasteiger partial charge in [-0.05, 0) is 36.3 Å². The SMILES string of the molecule is O=C(c1ccsc1)N1Cc2ccnn2C(COCC2CCCC2)C1. The highest BCUT2D eigenvalue weighted by atomic mass is 32.1. The van der Waals surface area contributed by atoms with Crippen LogP contribution >= 0.6 is 11.3 Å². The average Bonchev–Trinajstić information content (AvgIpc) is 3.34. The minimum atomic E-state index is 0.101. The summed E-state index contributed by atoms with van der Waals surface area (Å²) in [6, 6.07) is 3.99. The lowest BCUT2D eigenvalue weighted by molar-refractivity contribution is 0.0401. The number of amides is 1. The first-order chi connectivity index (χ1) is 11.8. The lowest BCUT2D eigenvalue weighted by Crippen LogP contribution is -2.42. The average molecular weight is 345 g/mol. The van der Waals surface area contributed by atoms with Crippen LogP contribution in [0.4, 0.5) is 0 Å². The second-order valence-electron chi connectivity index (χ2n) is 6.81. The Bertz CT molecular complexity index is 676. The van der Waals surface area contributed by atoms with Crippen molar-refractivity contribution >= 4 is 17.2 Å². The molecule has 1 atom stereocenters. The van der Waals surface area contributed by atoms with Gasteiger partial charge in [0.1, 0.15) is 0 Å². The zero-order valence-electron chi connectivity index (χ0n) is 13.8. The number of hydrogen-bond donors (Lipinski definition) is 0. The molecule has 0 N–H and O–H groups in total. The summed E-state index contributed by atoms with van der Waals surface area (Å²) in [7, 11) is 0. The van der Waals surface area contributed by atoms with E-state index in [1.54, 1.807) is 11.3 Å². The van der Waals surface area contributed by atoms with Gasteiger partial charge in [-0.3, -0.25) is 9.48 Å². The van der Waals surface area contributed by atoms with Crippen LogP contribution in [-0.2, 0) is 11.3 Å². The molecule has 3 heterocycles. The van der Waals surface area contributed by atoms with Gasteiger partial charge in [-0.2, -0.15) is 16.4 Å². The van der Waals surface area contributed by atoms with E-state index < -0.39 is 0 Å². The third kappa shape index (κ3) is 3.26. The molecule has 24 heavy (non-hydrogen) atoms. The summed E-state index contributed by atoms with van der Waals surface area (Å²) in [5.74, 6) is 0.818. The Kier molecular flexibility index (Phi) is 4.67. The Balaban J connectivity index is 1.42. The Morgan fingerprint density at radius 3 is 2.96 bits per heavy atom. The molecule has 1 saturated carbocycles. The van der Waals surface area contributed by atoms with E-state index in [1.165, 1.54) is 25.7 Å². The fourth-order valence-electron chi connectivity index (χ4n) is 3.78. The Morgan fingerprint density at radius 2 is 2.17 bits per heavy atom. The highest BCUT2D eigenvalue weighted by Crippen LogP contribution is 2.26. The molecule has 1 aliphatic carbocycles. The summed E-state index contributed by atoms with van der Waals surface area (Å²) in [4.78, 5) is 14.6. The van der Waals surface area contributed by atoms with E-state index in [0.29, 0.717) is 25.6 Å². The maximum atomic E-state index is 12.7. The number of thiophene rings is 1. The number of carbonyl (C=O) groups is 1. The van der Waals surface area contributed by atoms with Gasteiger partial charge in [0.15, 0.2) is 0 Å². The van der Waals surface area contributed by atoms with Crippen molar-refractivity contribution < 1.29 is 9.53 Å². The molecule has 1 fully saturated rings. The number of hydrogen-bond acceptors (Lipinski definition) is 4. The molecule has 0 bridgehead atoms. The fraction of sp³-hybridized carbons (Fsp3) is 0.556. The van der Waals surface area contributed by atoms with Gasteiger partial charge >= 0.3 is 0 Å². The second-order valence-corrected chi connectivity index (χ2v) is 7.59. The molecular weight excluding hydrogens is 322 g/mol. The van der Waals surface area contributed by atoms with Crippen LogP contribution in [0.5, 0.6) is 0 Å². The largest absolute Gasteiger partial charge is 0.379 e. The molecule has 0 saturated heterocycles. The summed E-state index contributed by atoms with van der Waals surface area (Å²) in [6.45, 7) is 2.74. The van der Waals surface area contributed by atoms with Crippen LogP contribution in [0.25, 0.3) is 0 Å². The van der Waals surface area contributed by atoms with Gasteiger partial charge in [0.25, 0.3) is 5.91 Å². The van der Waals surface area contributed by atoms with Crippen LogP contribution in [0.3, 0.4) is 0 Å². The van der Waals surface area contributed by atoms with Crippen LogP contribution in [0, 0.1) is 5.92 Å². The lowest BCUT2D eigenvalue weighted by atomic mass is 10.1. The van der Waals surface area contributed by atoms with Gasteiger partial charge in [-0.1, -0.05) is 12.8 Å². The fourth-order valence-corrected chi connectivity index (χ4v) is 4.41. The maximum absolute atomic E-state index is 12.7. The predicted octanol–water partition coefficient (Wildman–Crippen LogP) is 3.35. The first-order valence-electron chi connectivity index (χ1n) is 8.73. The van der Waals surface area contributed by atoms with Gasteiger partial charge in [0.05, 0.1) is 30.5 Å². The summed E-state index contributed by atoms with van der Waals surface area (Å²) >= 11 is 1.56. The van der Waals surface area contributed by atoms with E-state index in [4.69, 9.17) is 4.74 Å². The van der Waals surface area contributed by atoms with E-state index in [2.05, 4.69) is 5.10 Å². The zero-order valence-corrected chi connectivity index (χ0v) is 14.6. The molecular formula is C18H23N3O2S. The second kappa shape index (κ2) is 7.07. The molecule has 2 aromatic heterocycles. The van der Waals surface area contributed by atoms with Crippen molar-refractivity contribution in [2.75, 3.05) is 19.8 Å². The van der Waals surface area contributed by atoms with Crippen LogP contribution in [0.15, 0.2) is 29.1 Å². The molecule has 5 nitrogen and oxygen atoms in total. The molecule has 0 radical (unpaired) electrons. The molecule has 0 spiro atoms. The Labute approximate surface area is 146 Å². The molecule has 2 aromatic rings. The van der Waals surface area contributed by atoms with Crippen LogP contribution in [0.1, 0.15) is 47.8 Å². The molecule has 2 aliphatic rings. The first kappa shape index (κ1) is 15.8. The molecule has 0 aromatic carbocycles. The number of ether oxygens (including phenoxy) is 1. The minimum Gasteiger partial charge on any atom is -0.379 e. The molecule has 4 rings (SSSR count). The van der Waals surface area contributed by atoms with E-state index in [-0.39, 0.29) is 11.9 Å². The molecule has 128 valence electrons. The van der Waals surface area contributed by atoms with Crippen LogP contribution in [0.2, 0.25) is 0 Å². The van der Waals surface area contributed by atoms with Gasteiger partial charge in [0.2, 0.25) is 0 Å². The van der Waals surface area contributed by atoms with E-state index >= 15 is 0 Å². The van der Waals surface area contributed by atoms with Gasteiger partial charge in [0, 0.05) is 24.7 Å². The highest BCUT2D eigenvalue weighted by molar-refractivity contribution is 7.08. The number of fused-ring (bicyclic) bond motifs is 1. The van der Waals surface area contributed by atoms with Gasteiger partial charge in [-0.15, -0.1) is 0 Å². The van der Waals surface area contributed by atoms with Crippen LogP contribution in [-0.4, -0.2) is 40.3 Å². The Hall–Kier alpha value is -1.66. The topological polar surface area (TPSA) is 47.4 Å². The zero-order chi connectivity index (χ0) is 16.4. The maximum Gasteiger partial charge on any atom is 0.255 e. The number of carbonyl (C=O) groups excluding carboxylic acids is 1. The lowest BCUT2D eigenvalue weighted by Gasteiger charge is -2.33. The summed E-state index contributed by atoms with van der Waals surface area (Å²) in [5.41, 5.74) is 1.86. The molecule has 6 heteroatoms. The third-order valence-corrected chi connectivity index (χ3v) is 5.76. The van der Waals surface area contributed by atoms with Crippen molar-refractivity contribution in [2.45, 2.75) is 38.3 Å². The van der Waals surface area contributed by atoms with E-state index in [0.717, 1.165) is 17.9 Å². The molecule has 1 aliphatic heterocycles. The monoisotopic (exact) mass is 345 g/mol. The van der Waals surface area contributed by atoms with E-state index in [1.807, 2.05) is 38.7 Å². The predicted molar refractivity (Wildman–Crippen MR) is 93.1 cm³/mol. The van der Waals surface area contributed by atoms with Crippen LogP contribution < -0.4 is 0 Å². The van der Waals surface area contributed by atoms with Crippen molar-refractivity contribution in [2.24, 2.45) is 5.92 Å². The molecule has 1 amide bonds. The minimum absolute atomic E-state index is 0.101. The normalized spacial score (nSPS) is 21.2. The Morgan fingerprint density at radius 1 is 1.29 bits per heavy atom. The van der Waals surface area contributed by atoms with Crippen molar-refractivity contribution in [3.05, 3.63) is 40.3 Å². The summed E-state index contributed by atoms with van der Waals surface area (Å²) < 4.78 is 8.04. The van der Waals surface area contributed by atoms with Gasteiger partial charge in [-0.25, -0.2) is 0 Å². The third-order valence-electron chi connectivity index (χ3n) is 5.08. The summed E-state index contributed by atoms with van der Waals surface area (Å²) in [5, 5.41) is 8.31. The summed E-state index contributed by atoms with van der Waals surface area (Å²) in [6.07, 6.45) is 7.08. The smallest absolute Gasteiger partial charge is 0.255 e. The number of nitrogens with zero attached hydrogens (tertiary/aromatic N) is 3. The quantitative estimate of drug-likeness (QED) is 0.835. The van der Waals surface area contributed by atoms with Crippen molar-refractivity contribution in [1.82, 2.24) is 14.7 Å². The standard InChI is InChI=1S/C18H23N3O2S/c22-18(15-6-8-24-13-15)20-9-16-5-7-19-21(16)17(10-20)12-23-11-14-3-1-2-4-14/h5-8,13-14,17H,1-4,9-12H2. The van der Waals surface area contributed by atoms with Crippen molar-refractivity contribution in [1.29, 1.82) is 0 Å².